The van der Waals surface area contributed by atoms with Gasteiger partial charge in [0.15, 0.2) is 5.65 Å². The third-order valence-corrected chi connectivity index (χ3v) is 5.33. The molecule has 0 unspecified atom stereocenters. The van der Waals surface area contributed by atoms with Crippen LogP contribution in [0.4, 0.5) is 0 Å². The minimum absolute atomic E-state index is 0.0843. The molecule has 0 amide bonds. The minimum atomic E-state index is -3.37. The van der Waals surface area contributed by atoms with Crippen LogP contribution in [0.3, 0.4) is 0 Å². The van der Waals surface area contributed by atoms with Crippen molar-refractivity contribution in [2.45, 2.75) is 38.5 Å². The number of hydrogen-bond donors (Lipinski definition) is 1. The summed E-state index contributed by atoms with van der Waals surface area (Å²) in [7, 11) is -3.37. The highest BCUT2D eigenvalue weighted by Crippen LogP contribution is 2.47. The summed E-state index contributed by atoms with van der Waals surface area (Å²) in [6, 6.07) is 3.95. The molecular weight excluding hydrogens is 288 g/mol. The van der Waals surface area contributed by atoms with Gasteiger partial charge in [-0.3, -0.25) is 0 Å². The maximum absolute atomic E-state index is 11.2. The Balaban J connectivity index is 1.64. The lowest BCUT2D eigenvalue weighted by atomic mass is 9.64. The van der Waals surface area contributed by atoms with Crippen molar-refractivity contribution in [1.29, 1.82) is 0 Å². The summed E-state index contributed by atoms with van der Waals surface area (Å²) in [6.07, 6.45) is 9.42. The van der Waals surface area contributed by atoms with Crippen molar-refractivity contribution >= 4 is 15.7 Å². The SMILES string of the molecule is NS(=O)(=O)CCC1(CCc2ccc3nccn3n2)CCC1. The largest absolute Gasteiger partial charge is 0.236 e. The lowest BCUT2D eigenvalue weighted by molar-refractivity contribution is 0.114. The Morgan fingerprint density at radius 1 is 1.29 bits per heavy atom. The first-order chi connectivity index (χ1) is 9.96. The van der Waals surface area contributed by atoms with Gasteiger partial charge in [-0.15, -0.1) is 0 Å². The number of rotatable bonds is 6. The first-order valence-corrected chi connectivity index (χ1v) is 8.97. The van der Waals surface area contributed by atoms with Crippen molar-refractivity contribution in [3.05, 3.63) is 30.2 Å². The van der Waals surface area contributed by atoms with E-state index in [2.05, 4.69) is 10.1 Å². The van der Waals surface area contributed by atoms with Gasteiger partial charge in [0.1, 0.15) is 0 Å². The van der Waals surface area contributed by atoms with Crippen LogP contribution in [0.2, 0.25) is 0 Å². The first kappa shape index (κ1) is 14.5. The summed E-state index contributed by atoms with van der Waals surface area (Å²) < 4.78 is 24.1. The highest BCUT2D eigenvalue weighted by Gasteiger charge is 2.37. The highest BCUT2D eigenvalue weighted by molar-refractivity contribution is 7.89. The Kier molecular flexibility index (Phi) is 3.71. The molecule has 1 saturated carbocycles. The van der Waals surface area contributed by atoms with E-state index in [0.717, 1.165) is 37.0 Å². The van der Waals surface area contributed by atoms with Crippen molar-refractivity contribution in [3.8, 4) is 0 Å². The zero-order chi connectivity index (χ0) is 14.9. The summed E-state index contributed by atoms with van der Waals surface area (Å²) >= 11 is 0. The van der Waals surface area contributed by atoms with Gasteiger partial charge in [0, 0.05) is 12.4 Å². The lowest BCUT2D eigenvalue weighted by Gasteiger charge is -2.42. The first-order valence-electron chi connectivity index (χ1n) is 7.26. The quantitative estimate of drug-likeness (QED) is 0.875. The number of aryl methyl sites for hydroxylation is 1. The predicted octanol–water partition coefficient (Wildman–Crippen LogP) is 1.51. The van der Waals surface area contributed by atoms with Crippen molar-refractivity contribution < 1.29 is 8.42 Å². The molecule has 0 spiro atoms. The van der Waals surface area contributed by atoms with E-state index < -0.39 is 10.0 Å². The van der Waals surface area contributed by atoms with E-state index >= 15 is 0 Å². The molecule has 0 radical (unpaired) electrons. The van der Waals surface area contributed by atoms with Crippen LogP contribution >= 0.6 is 0 Å². The van der Waals surface area contributed by atoms with Crippen LogP contribution in [0.1, 0.15) is 37.8 Å². The molecule has 1 aliphatic carbocycles. The van der Waals surface area contributed by atoms with Gasteiger partial charge in [0.2, 0.25) is 10.0 Å². The molecule has 0 aliphatic heterocycles. The third-order valence-electron chi connectivity index (χ3n) is 4.55. The number of sulfonamides is 1. The van der Waals surface area contributed by atoms with Gasteiger partial charge in [-0.25, -0.2) is 23.1 Å². The van der Waals surface area contributed by atoms with Crippen LogP contribution in [-0.2, 0) is 16.4 Å². The van der Waals surface area contributed by atoms with E-state index in [9.17, 15) is 8.42 Å². The molecule has 0 atom stereocenters. The van der Waals surface area contributed by atoms with Crippen molar-refractivity contribution in [1.82, 2.24) is 14.6 Å². The maximum Gasteiger partial charge on any atom is 0.209 e. The number of aromatic nitrogens is 3. The second-order valence-corrected chi connectivity index (χ2v) is 7.76. The minimum Gasteiger partial charge on any atom is -0.236 e. The molecular formula is C14H20N4O2S. The molecule has 6 nitrogen and oxygen atoms in total. The highest BCUT2D eigenvalue weighted by atomic mass is 32.2. The van der Waals surface area contributed by atoms with Gasteiger partial charge in [-0.1, -0.05) is 6.42 Å². The number of fused-ring (bicyclic) bond motifs is 1. The molecule has 2 aromatic heterocycles. The average Bonchev–Trinajstić information content (AvgIpc) is 2.83. The fraction of sp³-hybridized carbons (Fsp3) is 0.571. The molecule has 21 heavy (non-hydrogen) atoms. The molecule has 1 aliphatic rings. The standard InChI is InChI=1S/C14H20N4O2S/c15-21(19,20)11-8-14(5-1-6-14)7-4-12-2-3-13-16-9-10-18(13)17-12/h2-3,9-10H,1,4-8,11H2,(H2,15,19,20). The van der Waals surface area contributed by atoms with Crippen LogP contribution in [-0.4, -0.2) is 28.8 Å². The van der Waals surface area contributed by atoms with Gasteiger partial charge in [0.05, 0.1) is 11.4 Å². The normalized spacial score (nSPS) is 17.8. The maximum atomic E-state index is 11.2. The molecule has 0 bridgehead atoms. The molecule has 2 N–H and O–H groups in total. The van der Waals surface area contributed by atoms with Crippen LogP contribution in [0.25, 0.3) is 5.65 Å². The Morgan fingerprint density at radius 3 is 2.76 bits per heavy atom. The molecule has 0 saturated heterocycles. The Bertz CT molecular complexity index is 734. The zero-order valence-corrected chi connectivity index (χ0v) is 12.7. The molecule has 1 fully saturated rings. The van der Waals surface area contributed by atoms with Crippen molar-refractivity contribution in [2.75, 3.05) is 5.75 Å². The smallest absolute Gasteiger partial charge is 0.209 e. The van der Waals surface area contributed by atoms with E-state index in [1.807, 2.05) is 18.3 Å². The molecule has 7 heteroatoms. The number of hydrogen-bond acceptors (Lipinski definition) is 4. The van der Waals surface area contributed by atoms with Gasteiger partial charge in [-0.2, -0.15) is 5.10 Å². The van der Waals surface area contributed by atoms with Crippen molar-refractivity contribution in [3.63, 3.8) is 0 Å². The van der Waals surface area contributed by atoms with Gasteiger partial charge in [-0.05, 0) is 49.7 Å². The second kappa shape index (κ2) is 5.38. The van der Waals surface area contributed by atoms with E-state index in [4.69, 9.17) is 5.14 Å². The predicted molar refractivity (Wildman–Crippen MR) is 80.2 cm³/mol. The van der Waals surface area contributed by atoms with E-state index in [1.54, 1.807) is 10.7 Å². The number of nitrogens with zero attached hydrogens (tertiary/aromatic N) is 3. The number of primary sulfonamides is 1. The fourth-order valence-electron chi connectivity index (χ4n) is 3.04. The molecule has 2 heterocycles. The van der Waals surface area contributed by atoms with E-state index in [1.165, 1.54) is 6.42 Å². The summed E-state index contributed by atoms with van der Waals surface area (Å²) in [6.45, 7) is 0. The summed E-state index contributed by atoms with van der Waals surface area (Å²) in [4.78, 5) is 4.17. The summed E-state index contributed by atoms with van der Waals surface area (Å²) in [5, 5.41) is 9.65. The third kappa shape index (κ3) is 3.41. The van der Waals surface area contributed by atoms with Crippen LogP contribution < -0.4 is 5.14 Å². The Morgan fingerprint density at radius 2 is 2.10 bits per heavy atom. The van der Waals surface area contributed by atoms with Crippen molar-refractivity contribution in [2.24, 2.45) is 10.6 Å². The second-order valence-electron chi connectivity index (χ2n) is 6.03. The average molecular weight is 308 g/mol. The lowest BCUT2D eigenvalue weighted by Crippen LogP contribution is -2.33. The molecule has 114 valence electrons. The monoisotopic (exact) mass is 308 g/mol. The Hall–Kier alpha value is -1.47. The molecule has 0 aromatic carbocycles. The molecule has 3 rings (SSSR count). The van der Waals surface area contributed by atoms with Gasteiger partial charge >= 0.3 is 0 Å². The zero-order valence-electron chi connectivity index (χ0n) is 11.9. The summed E-state index contributed by atoms with van der Waals surface area (Å²) in [5.41, 5.74) is 1.99. The Labute approximate surface area is 124 Å². The van der Waals surface area contributed by atoms with Crippen LogP contribution in [0, 0.1) is 5.41 Å². The van der Waals surface area contributed by atoms with Crippen LogP contribution in [0.5, 0.6) is 0 Å². The summed E-state index contributed by atoms with van der Waals surface area (Å²) in [5.74, 6) is 0.0843. The van der Waals surface area contributed by atoms with Crippen LogP contribution in [0.15, 0.2) is 24.5 Å². The topological polar surface area (TPSA) is 90.4 Å². The number of nitrogens with two attached hydrogens (primary N) is 1. The van der Waals surface area contributed by atoms with E-state index in [-0.39, 0.29) is 11.2 Å². The van der Waals surface area contributed by atoms with Gasteiger partial charge < -0.3 is 0 Å². The van der Waals surface area contributed by atoms with Gasteiger partial charge in [0.25, 0.3) is 0 Å². The number of imidazole rings is 1. The van der Waals surface area contributed by atoms with E-state index in [0.29, 0.717) is 6.42 Å². The molecule has 2 aromatic rings. The fourth-order valence-corrected chi connectivity index (χ4v) is 3.76.